The molecule has 7 nitrogen and oxygen atoms in total. The quantitative estimate of drug-likeness (QED) is 0.568. The molecule has 0 unspecified atom stereocenters. The summed E-state index contributed by atoms with van der Waals surface area (Å²) in [4.78, 5) is 12.0. The van der Waals surface area contributed by atoms with Crippen LogP contribution in [0.15, 0.2) is 24.3 Å². The molecule has 0 saturated carbocycles. The number of esters is 1. The van der Waals surface area contributed by atoms with Gasteiger partial charge in [0.2, 0.25) is 6.29 Å². The number of hydrogen-bond acceptors (Lipinski definition) is 7. The van der Waals surface area contributed by atoms with E-state index in [0.29, 0.717) is 0 Å². The predicted octanol–water partition coefficient (Wildman–Crippen LogP) is -0.287. The molecule has 4 N–H and O–H groups in total. The molecular formula is C14H19NO6. The summed E-state index contributed by atoms with van der Waals surface area (Å²) in [5, 5.41) is 31.9. The number of hydrogen-bond donors (Lipinski definition) is 4. The van der Waals surface area contributed by atoms with E-state index in [2.05, 4.69) is 5.32 Å². The third-order valence-electron chi connectivity index (χ3n) is 3.44. The maximum absolute atomic E-state index is 12.0. The first-order valence-corrected chi connectivity index (χ1v) is 6.62. The van der Waals surface area contributed by atoms with Crippen molar-refractivity contribution in [3.63, 3.8) is 0 Å². The summed E-state index contributed by atoms with van der Waals surface area (Å²) >= 11 is 0. The number of aliphatic hydroxyl groups excluding tert-OH is 3. The lowest BCUT2D eigenvalue weighted by Crippen LogP contribution is -2.57. The van der Waals surface area contributed by atoms with E-state index >= 15 is 0 Å². The standard InChI is InChI=1S/C14H19NO6/c1-7-10(16)11(17)12(18)14(20-7)21-13(19)8-3-5-9(15-2)6-4-8/h3-7,10-12,14-18H,1-2H3/t7-,10-,11+,12+,14-/m1/s1. The Labute approximate surface area is 122 Å². The molecule has 21 heavy (non-hydrogen) atoms. The van der Waals surface area contributed by atoms with E-state index in [1.54, 1.807) is 31.3 Å². The SMILES string of the molecule is CNc1ccc(C(=O)O[C@H]2O[C@H](C)[C@@H](O)[C@H](O)[C@@H]2O)cc1. The van der Waals surface area contributed by atoms with Crippen LogP contribution in [0.4, 0.5) is 5.69 Å². The average Bonchev–Trinajstić information content (AvgIpc) is 2.50. The number of carbonyl (C=O) groups is 1. The fourth-order valence-electron chi connectivity index (χ4n) is 2.06. The van der Waals surface area contributed by atoms with Crippen LogP contribution in [0.25, 0.3) is 0 Å². The third kappa shape index (κ3) is 3.33. The Hall–Kier alpha value is -1.67. The molecule has 0 bridgehead atoms. The van der Waals surface area contributed by atoms with Crippen molar-refractivity contribution in [2.45, 2.75) is 37.6 Å². The van der Waals surface area contributed by atoms with Crippen LogP contribution in [0.5, 0.6) is 0 Å². The van der Waals surface area contributed by atoms with Crippen molar-refractivity contribution in [2.75, 3.05) is 12.4 Å². The molecule has 1 aliphatic heterocycles. The summed E-state index contributed by atoms with van der Waals surface area (Å²) in [5.41, 5.74) is 1.13. The van der Waals surface area contributed by atoms with Crippen molar-refractivity contribution < 1.29 is 29.6 Å². The van der Waals surface area contributed by atoms with E-state index in [0.717, 1.165) is 5.69 Å². The Bertz CT molecular complexity index is 491. The van der Waals surface area contributed by atoms with E-state index < -0.39 is 36.7 Å². The van der Waals surface area contributed by atoms with Crippen LogP contribution in [0.1, 0.15) is 17.3 Å². The van der Waals surface area contributed by atoms with Gasteiger partial charge in [-0.05, 0) is 31.2 Å². The van der Waals surface area contributed by atoms with Crippen molar-refractivity contribution in [1.29, 1.82) is 0 Å². The highest BCUT2D eigenvalue weighted by Gasteiger charge is 2.43. The first kappa shape index (κ1) is 15.7. The highest BCUT2D eigenvalue weighted by Crippen LogP contribution is 2.22. The van der Waals surface area contributed by atoms with Crippen LogP contribution >= 0.6 is 0 Å². The van der Waals surface area contributed by atoms with Crippen LogP contribution in [0.2, 0.25) is 0 Å². The van der Waals surface area contributed by atoms with Gasteiger partial charge in [0.05, 0.1) is 11.7 Å². The Balaban J connectivity index is 2.04. The number of nitrogens with one attached hydrogen (secondary N) is 1. The second kappa shape index (κ2) is 6.40. The Morgan fingerprint density at radius 2 is 1.76 bits per heavy atom. The highest BCUT2D eigenvalue weighted by molar-refractivity contribution is 5.89. The number of aliphatic hydroxyl groups is 3. The van der Waals surface area contributed by atoms with Gasteiger partial charge < -0.3 is 30.1 Å². The molecule has 5 atom stereocenters. The predicted molar refractivity (Wildman–Crippen MR) is 73.8 cm³/mol. The van der Waals surface area contributed by atoms with Gasteiger partial charge in [0.1, 0.15) is 18.3 Å². The summed E-state index contributed by atoms with van der Waals surface area (Å²) in [7, 11) is 1.76. The van der Waals surface area contributed by atoms with Crippen LogP contribution in [0.3, 0.4) is 0 Å². The number of rotatable bonds is 3. The van der Waals surface area contributed by atoms with E-state index in [1.165, 1.54) is 6.92 Å². The van der Waals surface area contributed by atoms with Gasteiger partial charge >= 0.3 is 5.97 Å². The van der Waals surface area contributed by atoms with Crippen molar-refractivity contribution in [3.05, 3.63) is 29.8 Å². The zero-order chi connectivity index (χ0) is 15.6. The van der Waals surface area contributed by atoms with Gasteiger partial charge in [0, 0.05) is 12.7 Å². The maximum atomic E-state index is 12.0. The van der Waals surface area contributed by atoms with E-state index in [1.807, 2.05) is 0 Å². The van der Waals surface area contributed by atoms with Crippen molar-refractivity contribution in [2.24, 2.45) is 0 Å². The smallest absolute Gasteiger partial charge is 0.340 e. The summed E-state index contributed by atoms with van der Waals surface area (Å²) in [6.45, 7) is 1.52. The molecule has 0 aromatic heterocycles. The number of benzene rings is 1. The zero-order valence-corrected chi connectivity index (χ0v) is 11.8. The van der Waals surface area contributed by atoms with Crippen LogP contribution in [-0.4, -0.2) is 59.0 Å². The van der Waals surface area contributed by atoms with E-state index in [-0.39, 0.29) is 5.56 Å². The first-order valence-electron chi connectivity index (χ1n) is 6.62. The van der Waals surface area contributed by atoms with Crippen LogP contribution in [0, 0.1) is 0 Å². The summed E-state index contributed by atoms with van der Waals surface area (Å²) < 4.78 is 10.3. The van der Waals surface area contributed by atoms with Gasteiger partial charge in [-0.3, -0.25) is 0 Å². The summed E-state index contributed by atoms with van der Waals surface area (Å²) in [6, 6.07) is 6.54. The molecule has 7 heteroatoms. The number of ether oxygens (including phenoxy) is 2. The number of carbonyl (C=O) groups excluding carboxylic acids is 1. The molecule has 1 saturated heterocycles. The minimum atomic E-state index is -1.50. The summed E-state index contributed by atoms with van der Waals surface area (Å²) in [5.74, 6) is -0.683. The van der Waals surface area contributed by atoms with Gasteiger partial charge in [0.25, 0.3) is 0 Å². The second-order valence-corrected chi connectivity index (χ2v) is 4.91. The van der Waals surface area contributed by atoms with Gasteiger partial charge in [-0.2, -0.15) is 0 Å². The van der Waals surface area contributed by atoms with Gasteiger partial charge in [-0.15, -0.1) is 0 Å². The lowest BCUT2D eigenvalue weighted by atomic mass is 10.00. The molecule has 0 amide bonds. The molecule has 1 aromatic rings. The maximum Gasteiger partial charge on any atom is 0.340 e. The van der Waals surface area contributed by atoms with E-state index in [9.17, 15) is 20.1 Å². The molecule has 116 valence electrons. The Kier molecular flexibility index (Phi) is 4.79. The minimum Gasteiger partial charge on any atom is -0.429 e. The fraction of sp³-hybridized carbons (Fsp3) is 0.500. The Morgan fingerprint density at radius 3 is 2.33 bits per heavy atom. The zero-order valence-electron chi connectivity index (χ0n) is 11.8. The second-order valence-electron chi connectivity index (χ2n) is 4.91. The van der Waals surface area contributed by atoms with Gasteiger partial charge in [-0.25, -0.2) is 4.79 Å². The molecule has 0 spiro atoms. The molecular weight excluding hydrogens is 278 g/mol. The molecule has 0 aliphatic carbocycles. The molecule has 2 rings (SSSR count). The lowest BCUT2D eigenvalue weighted by Gasteiger charge is -2.38. The largest absolute Gasteiger partial charge is 0.429 e. The summed E-state index contributed by atoms with van der Waals surface area (Å²) in [6.07, 6.45) is -6.25. The van der Waals surface area contributed by atoms with Crippen LogP contribution in [-0.2, 0) is 9.47 Å². The highest BCUT2D eigenvalue weighted by atomic mass is 16.7. The van der Waals surface area contributed by atoms with Gasteiger partial charge in [-0.1, -0.05) is 0 Å². The molecule has 1 fully saturated rings. The Morgan fingerprint density at radius 1 is 1.14 bits per heavy atom. The normalized spacial score (nSPS) is 32.5. The van der Waals surface area contributed by atoms with Crippen molar-refractivity contribution >= 4 is 11.7 Å². The third-order valence-corrected chi connectivity index (χ3v) is 3.44. The van der Waals surface area contributed by atoms with Crippen molar-refractivity contribution in [1.82, 2.24) is 0 Å². The number of anilines is 1. The van der Waals surface area contributed by atoms with E-state index in [4.69, 9.17) is 9.47 Å². The molecule has 1 aliphatic rings. The fourth-order valence-corrected chi connectivity index (χ4v) is 2.06. The molecule has 0 radical (unpaired) electrons. The average molecular weight is 297 g/mol. The van der Waals surface area contributed by atoms with Crippen LogP contribution < -0.4 is 5.32 Å². The first-order chi connectivity index (χ1) is 9.93. The molecule has 1 aromatic carbocycles. The van der Waals surface area contributed by atoms with Gasteiger partial charge in [0.15, 0.2) is 0 Å². The minimum absolute atomic E-state index is 0.290. The van der Waals surface area contributed by atoms with Crippen molar-refractivity contribution in [3.8, 4) is 0 Å². The lowest BCUT2D eigenvalue weighted by molar-refractivity contribution is -0.276. The monoisotopic (exact) mass is 297 g/mol. The topological polar surface area (TPSA) is 108 Å². The molecule has 1 heterocycles.